The molecule has 10 heteroatoms. The molecule has 7 nitrogen and oxygen atoms in total. The number of ketones is 1. The van der Waals surface area contributed by atoms with Crippen LogP contribution in [0.1, 0.15) is 16.2 Å². The summed E-state index contributed by atoms with van der Waals surface area (Å²) in [5.41, 5.74) is 1.68. The molecule has 2 heterocycles. The predicted octanol–water partition coefficient (Wildman–Crippen LogP) is 4.59. The number of benzene rings is 2. The molecule has 4 rings (SSSR count). The minimum absolute atomic E-state index is 0.0208. The van der Waals surface area contributed by atoms with Crippen molar-refractivity contribution in [2.45, 2.75) is 6.92 Å². The van der Waals surface area contributed by atoms with Crippen molar-refractivity contribution in [3.05, 3.63) is 53.5 Å². The Morgan fingerprint density at radius 1 is 1.16 bits per heavy atom. The first-order valence-corrected chi connectivity index (χ1v) is 9.98. The summed E-state index contributed by atoms with van der Waals surface area (Å²) in [6.07, 6.45) is 1.51. The third kappa shape index (κ3) is 3.93. The predicted molar refractivity (Wildman–Crippen MR) is 114 cm³/mol. The van der Waals surface area contributed by atoms with E-state index in [0.29, 0.717) is 38.5 Å². The number of ether oxygens (including phenoxy) is 2. The van der Waals surface area contributed by atoms with Crippen LogP contribution in [0.4, 0.5) is 14.5 Å². The van der Waals surface area contributed by atoms with Gasteiger partial charge in [-0.15, -0.1) is 0 Å². The molecule has 0 aliphatic carbocycles. The van der Waals surface area contributed by atoms with E-state index in [1.807, 2.05) is 0 Å². The molecule has 0 bridgehead atoms. The number of aromatic amines is 1. The van der Waals surface area contributed by atoms with Crippen LogP contribution in [0.2, 0.25) is 0 Å². The average molecular weight is 444 g/mol. The molecule has 0 unspecified atom stereocenters. The second kappa shape index (κ2) is 8.31. The lowest BCUT2D eigenvalue weighted by Crippen LogP contribution is -2.14. The number of carbonyl (C=O) groups excluding carboxylic acids is 1. The zero-order valence-electron chi connectivity index (χ0n) is 16.9. The lowest BCUT2D eigenvalue weighted by Gasteiger charge is -2.13. The number of methoxy groups -OCH3 is 2. The molecular formula is C21H18F2N4O3S. The summed E-state index contributed by atoms with van der Waals surface area (Å²) >= 11 is 1.15. The van der Waals surface area contributed by atoms with Gasteiger partial charge in [-0.3, -0.25) is 4.79 Å². The molecule has 31 heavy (non-hydrogen) atoms. The Labute approximate surface area is 180 Å². The minimum Gasteiger partial charge on any atom is -0.494 e. The van der Waals surface area contributed by atoms with Gasteiger partial charge >= 0.3 is 0 Å². The molecule has 160 valence electrons. The van der Waals surface area contributed by atoms with Crippen molar-refractivity contribution < 1.29 is 23.0 Å². The standard InChI is InChI=1S/C21H18F2N4O3S/c1-10-26-21(31-27-10)11-4-15(23)20(30-3)17(5-11)25-9-18(28)13-8-24-16-7-19(29-2)14(22)6-12(13)16/h4-8,24-25H,9H2,1-3H3. The van der Waals surface area contributed by atoms with Crippen LogP contribution in [0, 0.1) is 18.6 Å². The Bertz CT molecular complexity index is 1290. The lowest BCUT2D eigenvalue weighted by atomic mass is 10.1. The number of anilines is 1. The van der Waals surface area contributed by atoms with E-state index in [0.717, 1.165) is 11.5 Å². The number of H-pyrrole nitrogens is 1. The maximum absolute atomic E-state index is 14.6. The number of rotatable bonds is 7. The Kier molecular flexibility index (Phi) is 5.55. The normalized spacial score (nSPS) is 11.0. The Balaban J connectivity index is 1.61. The van der Waals surface area contributed by atoms with Crippen molar-refractivity contribution in [3.8, 4) is 22.1 Å². The van der Waals surface area contributed by atoms with Gasteiger partial charge in [-0.2, -0.15) is 4.37 Å². The van der Waals surface area contributed by atoms with Crippen LogP contribution in [0.25, 0.3) is 21.5 Å². The molecule has 2 aromatic heterocycles. The van der Waals surface area contributed by atoms with E-state index in [4.69, 9.17) is 9.47 Å². The van der Waals surface area contributed by atoms with Gasteiger partial charge in [0.05, 0.1) is 32.0 Å². The summed E-state index contributed by atoms with van der Waals surface area (Å²) < 4.78 is 42.9. The molecule has 0 saturated heterocycles. The van der Waals surface area contributed by atoms with Crippen molar-refractivity contribution in [1.82, 2.24) is 14.3 Å². The van der Waals surface area contributed by atoms with Crippen molar-refractivity contribution in [1.29, 1.82) is 0 Å². The van der Waals surface area contributed by atoms with Crippen LogP contribution in [0.3, 0.4) is 0 Å². The molecule has 4 aromatic rings. The van der Waals surface area contributed by atoms with Crippen LogP contribution in [0.5, 0.6) is 11.5 Å². The highest BCUT2D eigenvalue weighted by Gasteiger charge is 2.18. The lowest BCUT2D eigenvalue weighted by molar-refractivity contribution is 0.101. The molecule has 2 aromatic carbocycles. The SMILES string of the molecule is COc1cc2[nH]cc(C(=O)CNc3cc(-c4nc(C)ns4)cc(F)c3OC)c2cc1F. The molecule has 0 saturated carbocycles. The number of hydrogen-bond donors (Lipinski definition) is 2. The van der Waals surface area contributed by atoms with E-state index in [2.05, 4.69) is 19.7 Å². The first-order chi connectivity index (χ1) is 14.9. The summed E-state index contributed by atoms with van der Waals surface area (Å²) in [4.78, 5) is 20.0. The van der Waals surface area contributed by atoms with Gasteiger partial charge in [-0.1, -0.05) is 0 Å². The Morgan fingerprint density at radius 3 is 2.65 bits per heavy atom. The van der Waals surface area contributed by atoms with Gasteiger partial charge in [0.15, 0.2) is 28.9 Å². The van der Waals surface area contributed by atoms with Crippen LogP contribution in [-0.2, 0) is 0 Å². The molecule has 0 atom stereocenters. The minimum atomic E-state index is -0.593. The number of nitrogens with one attached hydrogen (secondary N) is 2. The van der Waals surface area contributed by atoms with Gasteiger partial charge < -0.3 is 19.8 Å². The molecular weight excluding hydrogens is 426 g/mol. The molecule has 2 N–H and O–H groups in total. The van der Waals surface area contributed by atoms with E-state index in [1.54, 1.807) is 13.0 Å². The fourth-order valence-electron chi connectivity index (χ4n) is 3.25. The van der Waals surface area contributed by atoms with Crippen molar-refractivity contribution in [2.24, 2.45) is 0 Å². The number of Topliss-reactive ketones (excluding diaryl/α,β-unsaturated/α-hetero) is 1. The van der Waals surface area contributed by atoms with E-state index in [1.165, 1.54) is 38.6 Å². The van der Waals surface area contributed by atoms with Gasteiger partial charge in [0.1, 0.15) is 10.8 Å². The monoisotopic (exact) mass is 444 g/mol. The van der Waals surface area contributed by atoms with Gasteiger partial charge in [-0.05, 0) is 36.7 Å². The smallest absolute Gasteiger partial charge is 0.184 e. The fraction of sp³-hybridized carbons (Fsp3) is 0.190. The van der Waals surface area contributed by atoms with Gasteiger partial charge in [0.25, 0.3) is 0 Å². The summed E-state index contributed by atoms with van der Waals surface area (Å²) in [6, 6.07) is 5.69. The van der Waals surface area contributed by atoms with Crippen molar-refractivity contribution in [2.75, 3.05) is 26.1 Å². The third-order valence-electron chi connectivity index (χ3n) is 4.72. The molecule has 0 fully saturated rings. The quantitative estimate of drug-likeness (QED) is 0.406. The first-order valence-electron chi connectivity index (χ1n) is 9.21. The third-order valence-corrected chi connectivity index (χ3v) is 5.57. The summed E-state index contributed by atoms with van der Waals surface area (Å²) in [6.45, 7) is 1.59. The molecule has 0 spiro atoms. The second-order valence-electron chi connectivity index (χ2n) is 6.70. The number of nitrogens with zero attached hydrogens (tertiary/aromatic N) is 2. The number of halogens is 2. The number of aryl methyl sites for hydroxylation is 1. The first kappa shape index (κ1) is 20.7. The maximum Gasteiger partial charge on any atom is 0.184 e. The van der Waals surface area contributed by atoms with Gasteiger partial charge in [-0.25, -0.2) is 13.8 Å². The molecule has 0 aliphatic heterocycles. The fourth-order valence-corrected chi connectivity index (χ4v) is 3.91. The van der Waals surface area contributed by atoms with Crippen LogP contribution in [0.15, 0.2) is 30.5 Å². The average Bonchev–Trinajstić information content (AvgIpc) is 3.37. The van der Waals surface area contributed by atoms with Crippen molar-refractivity contribution in [3.63, 3.8) is 0 Å². The van der Waals surface area contributed by atoms with Crippen LogP contribution >= 0.6 is 11.5 Å². The Hall–Kier alpha value is -3.53. The molecule has 0 radical (unpaired) electrons. The highest BCUT2D eigenvalue weighted by molar-refractivity contribution is 7.09. The van der Waals surface area contributed by atoms with E-state index < -0.39 is 11.6 Å². The largest absolute Gasteiger partial charge is 0.494 e. The van der Waals surface area contributed by atoms with Gasteiger partial charge in [0.2, 0.25) is 0 Å². The molecule has 0 amide bonds. The highest BCUT2D eigenvalue weighted by atomic mass is 32.1. The second-order valence-corrected chi connectivity index (χ2v) is 7.45. The van der Waals surface area contributed by atoms with Crippen LogP contribution in [-0.4, -0.2) is 40.9 Å². The van der Waals surface area contributed by atoms with Gasteiger partial charge in [0, 0.05) is 28.8 Å². The number of fused-ring (bicyclic) bond motifs is 1. The zero-order valence-corrected chi connectivity index (χ0v) is 17.7. The maximum atomic E-state index is 14.6. The van der Waals surface area contributed by atoms with E-state index in [9.17, 15) is 13.6 Å². The number of carbonyl (C=O) groups is 1. The Morgan fingerprint density at radius 2 is 1.97 bits per heavy atom. The summed E-state index contributed by atoms with van der Waals surface area (Å²) in [7, 11) is 2.71. The summed E-state index contributed by atoms with van der Waals surface area (Å²) in [5, 5.41) is 3.90. The number of hydrogen-bond acceptors (Lipinski definition) is 7. The summed E-state index contributed by atoms with van der Waals surface area (Å²) in [5.74, 6) is -0.827. The molecule has 0 aliphatic rings. The van der Waals surface area contributed by atoms with Crippen molar-refractivity contribution >= 4 is 33.9 Å². The van der Waals surface area contributed by atoms with E-state index >= 15 is 0 Å². The zero-order chi connectivity index (χ0) is 22.1. The van der Waals surface area contributed by atoms with E-state index in [-0.39, 0.29) is 23.8 Å². The highest BCUT2D eigenvalue weighted by Crippen LogP contribution is 2.34. The topological polar surface area (TPSA) is 89.1 Å². The van der Waals surface area contributed by atoms with Crippen LogP contribution < -0.4 is 14.8 Å². The number of aromatic nitrogens is 3.